The van der Waals surface area contributed by atoms with E-state index in [2.05, 4.69) is 16.0 Å². The van der Waals surface area contributed by atoms with Crippen LogP contribution >= 0.6 is 0 Å². The highest BCUT2D eigenvalue weighted by atomic mass is 16.4. The van der Waals surface area contributed by atoms with Crippen LogP contribution in [0.2, 0.25) is 0 Å². The van der Waals surface area contributed by atoms with Crippen LogP contribution in [0.3, 0.4) is 0 Å². The quantitative estimate of drug-likeness (QED) is 0.638. The zero-order chi connectivity index (χ0) is 17.7. The van der Waals surface area contributed by atoms with Crippen LogP contribution in [0.15, 0.2) is 24.3 Å². The summed E-state index contributed by atoms with van der Waals surface area (Å²) in [7, 11) is 0. The van der Waals surface area contributed by atoms with E-state index in [4.69, 9.17) is 5.11 Å². The molecule has 3 amide bonds. The summed E-state index contributed by atoms with van der Waals surface area (Å²) in [5.41, 5.74) is 1.54. The highest BCUT2D eigenvalue weighted by molar-refractivity contribution is 5.89. The number of urea groups is 1. The van der Waals surface area contributed by atoms with Gasteiger partial charge in [-0.05, 0) is 44.4 Å². The lowest BCUT2D eigenvalue weighted by atomic mass is 9.73. The Morgan fingerprint density at radius 1 is 1.12 bits per heavy atom. The number of carbonyl (C=O) groups is 3. The molecule has 7 heteroatoms. The monoisotopic (exact) mass is 333 g/mol. The van der Waals surface area contributed by atoms with Crippen LogP contribution in [0.4, 0.5) is 10.5 Å². The first-order valence-electron chi connectivity index (χ1n) is 8.04. The molecule has 0 radical (unpaired) electrons. The second-order valence-corrected chi connectivity index (χ2v) is 6.30. The Labute approximate surface area is 140 Å². The van der Waals surface area contributed by atoms with Crippen molar-refractivity contribution in [1.29, 1.82) is 0 Å². The smallest absolute Gasteiger partial charge is 0.319 e. The number of hydrogen-bond donors (Lipinski definition) is 4. The third-order valence-corrected chi connectivity index (χ3v) is 4.03. The molecule has 2 atom stereocenters. The molecule has 0 aromatic heterocycles. The van der Waals surface area contributed by atoms with Gasteiger partial charge in [-0.3, -0.25) is 9.59 Å². The molecular weight excluding hydrogens is 310 g/mol. The van der Waals surface area contributed by atoms with Crippen molar-refractivity contribution in [2.24, 2.45) is 11.8 Å². The van der Waals surface area contributed by atoms with E-state index >= 15 is 0 Å². The lowest BCUT2D eigenvalue weighted by Gasteiger charge is -2.31. The Hall–Kier alpha value is -2.57. The molecule has 1 aromatic rings. The number of nitrogens with one attached hydrogen (secondary N) is 3. The van der Waals surface area contributed by atoms with E-state index in [1.54, 1.807) is 24.3 Å². The molecule has 2 unspecified atom stereocenters. The molecule has 130 valence electrons. The first-order chi connectivity index (χ1) is 11.4. The minimum atomic E-state index is -0.906. The first-order valence-corrected chi connectivity index (χ1v) is 8.04. The molecule has 0 bridgehead atoms. The molecule has 0 spiro atoms. The number of aliphatic carboxylic acids is 1. The van der Waals surface area contributed by atoms with Gasteiger partial charge in [0, 0.05) is 18.3 Å². The van der Waals surface area contributed by atoms with Crippen molar-refractivity contribution in [3.05, 3.63) is 29.8 Å². The number of amides is 3. The van der Waals surface area contributed by atoms with Gasteiger partial charge in [0.15, 0.2) is 0 Å². The second-order valence-electron chi connectivity index (χ2n) is 6.30. The van der Waals surface area contributed by atoms with Gasteiger partial charge in [-0.15, -0.1) is 0 Å². The first kappa shape index (κ1) is 17.8. The van der Waals surface area contributed by atoms with E-state index in [0.717, 1.165) is 5.56 Å². The van der Waals surface area contributed by atoms with Crippen molar-refractivity contribution in [2.45, 2.75) is 39.3 Å². The fourth-order valence-corrected chi connectivity index (χ4v) is 2.56. The normalized spacial score (nSPS) is 19.3. The average Bonchev–Trinajstić information content (AvgIpc) is 2.43. The maximum atomic E-state index is 12.0. The van der Waals surface area contributed by atoms with Crippen LogP contribution < -0.4 is 16.0 Å². The molecule has 1 saturated carbocycles. The van der Waals surface area contributed by atoms with Crippen LogP contribution in [-0.4, -0.2) is 29.1 Å². The molecule has 0 heterocycles. The molecule has 1 aliphatic carbocycles. The van der Waals surface area contributed by atoms with Crippen molar-refractivity contribution in [3.8, 4) is 0 Å². The SMILES string of the molecule is CC(C)NC(=O)Nc1ccc(CNC(=O)C2CCC2C(=O)O)cc1. The van der Waals surface area contributed by atoms with Crippen molar-refractivity contribution in [3.63, 3.8) is 0 Å². The van der Waals surface area contributed by atoms with E-state index in [0.29, 0.717) is 25.1 Å². The number of rotatable bonds is 6. The minimum absolute atomic E-state index is 0.0561. The number of carboxylic acid groups (broad SMARTS) is 1. The molecule has 1 fully saturated rings. The molecule has 0 saturated heterocycles. The largest absolute Gasteiger partial charge is 0.481 e. The lowest BCUT2D eigenvalue weighted by molar-refractivity contribution is -0.152. The van der Waals surface area contributed by atoms with Gasteiger partial charge in [-0.2, -0.15) is 0 Å². The summed E-state index contributed by atoms with van der Waals surface area (Å²) in [5, 5.41) is 17.2. The van der Waals surface area contributed by atoms with Crippen LogP contribution in [0, 0.1) is 11.8 Å². The molecule has 2 rings (SSSR count). The van der Waals surface area contributed by atoms with Crippen LogP contribution in [0.25, 0.3) is 0 Å². The van der Waals surface area contributed by atoms with E-state index in [1.807, 2.05) is 13.8 Å². The van der Waals surface area contributed by atoms with Crippen molar-refractivity contribution in [2.75, 3.05) is 5.32 Å². The zero-order valence-electron chi connectivity index (χ0n) is 13.8. The third-order valence-electron chi connectivity index (χ3n) is 4.03. The molecular formula is C17H23N3O4. The summed E-state index contributed by atoms with van der Waals surface area (Å²) < 4.78 is 0. The van der Waals surface area contributed by atoms with E-state index in [1.165, 1.54) is 0 Å². The van der Waals surface area contributed by atoms with Gasteiger partial charge in [0.05, 0.1) is 11.8 Å². The summed E-state index contributed by atoms with van der Waals surface area (Å²) in [4.78, 5) is 34.5. The summed E-state index contributed by atoms with van der Waals surface area (Å²) in [5.74, 6) is -2.11. The number of anilines is 1. The summed E-state index contributed by atoms with van der Waals surface area (Å²) in [6.07, 6.45) is 1.18. The highest BCUT2D eigenvalue weighted by Crippen LogP contribution is 2.34. The van der Waals surface area contributed by atoms with E-state index in [-0.39, 0.29) is 18.0 Å². The van der Waals surface area contributed by atoms with Gasteiger partial charge in [0.2, 0.25) is 5.91 Å². The topological polar surface area (TPSA) is 108 Å². The van der Waals surface area contributed by atoms with Gasteiger partial charge >= 0.3 is 12.0 Å². The number of carboxylic acids is 1. The van der Waals surface area contributed by atoms with Crippen molar-refractivity contribution >= 4 is 23.6 Å². The third kappa shape index (κ3) is 4.71. The van der Waals surface area contributed by atoms with Gasteiger partial charge in [-0.1, -0.05) is 12.1 Å². The average molecular weight is 333 g/mol. The van der Waals surface area contributed by atoms with Gasteiger partial charge in [-0.25, -0.2) is 4.79 Å². The summed E-state index contributed by atoms with van der Waals surface area (Å²) >= 11 is 0. The Kier molecular flexibility index (Phi) is 5.78. The van der Waals surface area contributed by atoms with Gasteiger partial charge < -0.3 is 21.1 Å². The van der Waals surface area contributed by atoms with E-state index in [9.17, 15) is 14.4 Å². The molecule has 1 aromatic carbocycles. The Morgan fingerprint density at radius 3 is 2.25 bits per heavy atom. The molecule has 1 aliphatic rings. The fraction of sp³-hybridized carbons (Fsp3) is 0.471. The standard InChI is InChI=1S/C17H23N3O4/c1-10(2)19-17(24)20-12-5-3-11(4-6-12)9-18-15(21)13-7-8-14(13)16(22)23/h3-6,10,13-14H,7-9H2,1-2H3,(H,18,21)(H,22,23)(H2,19,20,24). The van der Waals surface area contributed by atoms with Crippen molar-refractivity contribution in [1.82, 2.24) is 10.6 Å². The summed E-state index contributed by atoms with van der Waals surface area (Å²) in [6.45, 7) is 4.09. The predicted octanol–water partition coefficient (Wildman–Crippen LogP) is 1.94. The second kappa shape index (κ2) is 7.81. The number of benzene rings is 1. The Balaban J connectivity index is 1.80. The van der Waals surface area contributed by atoms with Crippen LogP contribution in [0.5, 0.6) is 0 Å². The minimum Gasteiger partial charge on any atom is -0.481 e. The molecule has 4 N–H and O–H groups in total. The van der Waals surface area contributed by atoms with Gasteiger partial charge in [0.1, 0.15) is 0 Å². The van der Waals surface area contributed by atoms with E-state index < -0.39 is 17.8 Å². The van der Waals surface area contributed by atoms with Gasteiger partial charge in [0.25, 0.3) is 0 Å². The highest BCUT2D eigenvalue weighted by Gasteiger charge is 2.41. The molecule has 0 aliphatic heterocycles. The van der Waals surface area contributed by atoms with Crippen LogP contribution in [-0.2, 0) is 16.1 Å². The zero-order valence-corrected chi connectivity index (χ0v) is 13.8. The maximum absolute atomic E-state index is 12.0. The molecule has 24 heavy (non-hydrogen) atoms. The maximum Gasteiger partial charge on any atom is 0.319 e. The van der Waals surface area contributed by atoms with Crippen molar-refractivity contribution < 1.29 is 19.5 Å². The predicted molar refractivity (Wildman–Crippen MR) is 89.4 cm³/mol. The lowest BCUT2D eigenvalue weighted by Crippen LogP contribution is -2.43. The number of hydrogen-bond acceptors (Lipinski definition) is 3. The fourth-order valence-electron chi connectivity index (χ4n) is 2.56. The molecule has 7 nitrogen and oxygen atoms in total. The van der Waals surface area contributed by atoms with Crippen LogP contribution in [0.1, 0.15) is 32.3 Å². The summed E-state index contributed by atoms with van der Waals surface area (Å²) in [6, 6.07) is 6.91. The Morgan fingerprint density at radius 2 is 1.75 bits per heavy atom. The Bertz CT molecular complexity index is 613. The number of carbonyl (C=O) groups excluding carboxylic acids is 2.